The Bertz CT molecular complexity index is 651. The van der Waals surface area contributed by atoms with Crippen molar-refractivity contribution in [3.05, 3.63) is 59.8 Å². The van der Waals surface area contributed by atoms with Gasteiger partial charge in [-0.15, -0.1) is 0 Å². The number of nitrogens with zero attached hydrogens (tertiary/aromatic N) is 1. The van der Waals surface area contributed by atoms with Gasteiger partial charge >= 0.3 is 0 Å². The maximum atomic E-state index is 12.3. The van der Waals surface area contributed by atoms with E-state index in [0.717, 1.165) is 12.8 Å². The highest BCUT2D eigenvalue weighted by atomic mass is 16.5. The van der Waals surface area contributed by atoms with Crippen LogP contribution in [0.15, 0.2) is 48.5 Å². The van der Waals surface area contributed by atoms with Gasteiger partial charge in [0.2, 0.25) is 5.88 Å². The van der Waals surface area contributed by atoms with E-state index in [4.69, 9.17) is 4.74 Å². The topological polar surface area (TPSA) is 51.2 Å². The lowest BCUT2D eigenvalue weighted by atomic mass is 9.64. The molecule has 0 bridgehead atoms. The van der Waals surface area contributed by atoms with E-state index in [1.54, 1.807) is 25.3 Å². The molecule has 1 aliphatic carbocycles. The van der Waals surface area contributed by atoms with Crippen LogP contribution in [-0.4, -0.2) is 24.5 Å². The number of carbonyl (C=O) groups is 1. The minimum absolute atomic E-state index is 0.0792. The van der Waals surface area contributed by atoms with Gasteiger partial charge in [0.1, 0.15) is 5.69 Å². The van der Waals surface area contributed by atoms with Crippen molar-refractivity contribution in [2.75, 3.05) is 13.7 Å². The van der Waals surface area contributed by atoms with E-state index in [2.05, 4.69) is 34.6 Å². The number of amides is 1. The SMILES string of the molecule is COc1cccc(C(=O)NCC2(c3ccccc3)CCC2)n1. The minimum atomic E-state index is -0.152. The zero-order valence-corrected chi connectivity index (χ0v) is 12.7. The summed E-state index contributed by atoms with van der Waals surface area (Å²) in [6.45, 7) is 0.648. The van der Waals surface area contributed by atoms with Crippen molar-refractivity contribution in [3.8, 4) is 5.88 Å². The molecule has 3 rings (SSSR count). The fourth-order valence-electron chi connectivity index (χ4n) is 2.96. The number of hydrogen-bond donors (Lipinski definition) is 1. The molecule has 1 amide bonds. The Labute approximate surface area is 130 Å². The molecule has 1 aromatic heterocycles. The quantitative estimate of drug-likeness (QED) is 0.923. The zero-order chi connectivity index (χ0) is 15.4. The second-order valence-corrected chi connectivity index (χ2v) is 5.75. The Morgan fingerprint density at radius 2 is 1.95 bits per heavy atom. The lowest BCUT2D eigenvalue weighted by molar-refractivity contribution is 0.0922. The number of nitrogens with one attached hydrogen (secondary N) is 1. The molecule has 22 heavy (non-hydrogen) atoms. The molecular formula is C18H20N2O2. The van der Waals surface area contributed by atoms with Gasteiger partial charge in [-0.3, -0.25) is 4.79 Å². The van der Waals surface area contributed by atoms with E-state index in [1.165, 1.54) is 12.0 Å². The summed E-state index contributed by atoms with van der Waals surface area (Å²) in [5.41, 5.74) is 1.78. The molecule has 1 heterocycles. The van der Waals surface area contributed by atoms with Crippen LogP contribution in [-0.2, 0) is 5.41 Å². The van der Waals surface area contributed by atoms with E-state index in [9.17, 15) is 4.79 Å². The fourth-order valence-corrected chi connectivity index (χ4v) is 2.96. The van der Waals surface area contributed by atoms with Crippen molar-refractivity contribution in [3.63, 3.8) is 0 Å². The van der Waals surface area contributed by atoms with Crippen LogP contribution in [0.3, 0.4) is 0 Å². The molecule has 0 saturated heterocycles. The summed E-state index contributed by atoms with van der Waals surface area (Å²) in [7, 11) is 1.54. The lowest BCUT2D eigenvalue weighted by Crippen LogP contribution is -2.45. The molecule has 114 valence electrons. The average Bonchev–Trinajstić information content (AvgIpc) is 2.54. The van der Waals surface area contributed by atoms with E-state index in [0.29, 0.717) is 18.1 Å². The highest BCUT2D eigenvalue weighted by Gasteiger charge is 2.38. The van der Waals surface area contributed by atoms with Gasteiger partial charge in [-0.25, -0.2) is 4.98 Å². The van der Waals surface area contributed by atoms with Gasteiger partial charge in [0.25, 0.3) is 5.91 Å². The van der Waals surface area contributed by atoms with Crippen LogP contribution in [0.25, 0.3) is 0 Å². The average molecular weight is 296 g/mol. The maximum absolute atomic E-state index is 12.3. The number of hydrogen-bond acceptors (Lipinski definition) is 3. The largest absolute Gasteiger partial charge is 0.481 e. The molecule has 1 N–H and O–H groups in total. The second kappa shape index (κ2) is 6.18. The Balaban J connectivity index is 1.69. The first-order valence-corrected chi connectivity index (χ1v) is 7.58. The van der Waals surface area contributed by atoms with Crippen LogP contribution in [0.2, 0.25) is 0 Å². The normalized spacial score (nSPS) is 15.7. The van der Waals surface area contributed by atoms with E-state index in [1.807, 2.05) is 6.07 Å². The van der Waals surface area contributed by atoms with Crippen LogP contribution < -0.4 is 10.1 Å². The summed E-state index contributed by atoms with van der Waals surface area (Å²) >= 11 is 0. The fraction of sp³-hybridized carbons (Fsp3) is 0.333. The molecule has 4 heteroatoms. The maximum Gasteiger partial charge on any atom is 0.270 e. The molecule has 0 spiro atoms. The first-order chi connectivity index (χ1) is 10.7. The Morgan fingerprint density at radius 1 is 1.18 bits per heavy atom. The van der Waals surface area contributed by atoms with Gasteiger partial charge in [0, 0.05) is 18.0 Å². The molecule has 2 aromatic rings. The van der Waals surface area contributed by atoms with E-state index in [-0.39, 0.29) is 11.3 Å². The number of benzene rings is 1. The summed E-state index contributed by atoms with van der Waals surface area (Å²) in [6.07, 6.45) is 3.44. The molecule has 0 aliphatic heterocycles. The van der Waals surface area contributed by atoms with Crippen molar-refractivity contribution in [2.24, 2.45) is 0 Å². The van der Waals surface area contributed by atoms with E-state index < -0.39 is 0 Å². The van der Waals surface area contributed by atoms with Crippen LogP contribution in [0.1, 0.15) is 35.3 Å². The van der Waals surface area contributed by atoms with Gasteiger partial charge in [-0.1, -0.05) is 42.8 Å². The lowest BCUT2D eigenvalue weighted by Gasteiger charge is -2.42. The third kappa shape index (κ3) is 2.82. The van der Waals surface area contributed by atoms with Crippen LogP contribution >= 0.6 is 0 Å². The highest BCUT2D eigenvalue weighted by molar-refractivity contribution is 5.92. The summed E-state index contributed by atoms with van der Waals surface area (Å²) in [5, 5.41) is 3.03. The molecule has 1 aliphatic rings. The standard InChI is InChI=1S/C18H20N2O2/c1-22-16-10-5-9-15(20-16)17(21)19-13-18(11-6-12-18)14-7-3-2-4-8-14/h2-5,7-10H,6,11-13H2,1H3,(H,19,21). The molecular weight excluding hydrogens is 276 g/mol. The Kier molecular flexibility index (Phi) is 4.09. The summed E-state index contributed by atoms with van der Waals surface area (Å²) in [6, 6.07) is 15.6. The van der Waals surface area contributed by atoms with Gasteiger partial charge in [0.05, 0.1) is 7.11 Å². The molecule has 1 fully saturated rings. The first kappa shape index (κ1) is 14.6. The summed E-state index contributed by atoms with van der Waals surface area (Å²) < 4.78 is 5.06. The van der Waals surface area contributed by atoms with Crippen molar-refractivity contribution in [1.82, 2.24) is 10.3 Å². The number of aromatic nitrogens is 1. The predicted octanol–water partition coefficient (Wildman–Crippen LogP) is 2.94. The third-order valence-corrected chi connectivity index (χ3v) is 4.45. The second-order valence-electron chi connectivity index (χ2n) is 5.75. The molecule has 1 aromatic carbocycles. The molecule has 0 atom stereocenters. The monoisotopic (exact) mass is 296 g/mol. The smallest absolute Gasteiger partial charge is 0.270 e. The molecule has 0 unspecified atom stereocenters. The number of rotatable bonds is 5. The van der Waals surface area contributed by atoms with Gasteiger partial charge in [0.15, 0.2) is 0 Å². The Hall–Kier alpha value is -2.36. The third-order valence-electron chi connectivity index (χ3n) is 4.45. The number of methoxy groups -OCH3 is 1. The van der Waals surface area contributed by atoms with E-state index >= 15 is 0 Å². The minimum Gasteiger partial charge on any atom is -0.481 e. The molecule has 0 radical (unpaired) electrons. The van der Waals surface area contributed by atoms with Crippen LogP contribution in [0.4, 0.5) is 0 Å². The first-order valence-electron chi connectivity index (χ1n) is 7.58. The van der Waals surface area contributed by atoms with Crippen LogP contribution in [0, 0.1) is 0 Å². The summed E-state index contributed by atoms with van der Waals surface area (Å²) in [4.78, 5) is 16.5. The van der Waals surface area contributed by atoms with Gasteiger partial charge in [-0.2, -0.15) is 0 Å². The summed E-state index contributed by atoms with van der Waals surface area (Å²) in [5.74, 6) is 0.301. The van der Waals surface area contributed by atoms with Crippen molar-refractivity contribution in [1.29, 1.82) is 0 Å². The molecule has 1 saturated carbocycles. The zero-order valence-electron chi connectivity index (χ0n) is 12.7. The number of pyridine rings is 1. The highest BCUT2D eigenvalue weighted by Crippen LogP contribution is 2.43. The van der Waals surface area contributed by atoms with Gasteiger partial charge in [-0.05, 0) is 24.5 Å². The van der Waals surface area contributed by atoms with Crippen molar-refractivity contribution < 1.29 is 9.53 Å². The van der Waals surface area contributed by atoms with Crippen molar-refractivity contribution in [2.45, 2.75) is 24.7 Å². The van der Waals surface area contributed by atoms with Crippen molar-refractivity contribution >= 4 is 5.91 Å². The molecule has 4 nitrogen and oxygen atoms in total. The number of carbonyl (C=O) groups excluding carboxylic acids is 1. The predicted molar refractivity (Wildman–Crippen MR) is 85.1 cm³/mol. The Morgan fingerprint density at radius 3 is 2.59 bits per heavy atom. The number of ether oxygens (including phenoxy) is 1. The van der Waals surface area contributed by atoms with Gasteiger partial charge < -0.3 is 10.1 Å². The van der Waals surface area contributed by atoms with Crippen LogP contribution in [0.5, 0.6) is 5.88 Å².